The van der Waals surface area contributed by atoms with Crippen LogP contribution < -0.4 is 4.74 Å². The van der Waals surface area contributed by atoms with E-state index in [1.165, 1.54) is 19.2 Å². The smallest absolute Gasteiger partial charge is 0.311 e. The fraction of sp³-hybridized carbons (Fsp3) is 0.114. The van der Waals surface area contributed by atoms with Crippen LogP contribution in [0.3, 0.4) is 0 Å². The van der Waals surface area contributed by atoms with Gasteiger partial charge in [0.1, 0.15) is 5.75 Å². The first-order chi connectivity index (χ1) is 21.8. The first-order valence-corrected chi connectivity index (χ1v) is 15.5. The van der Waals surface area contributed by atoms with Crippen LogP contribution in [0.2, 0.25) is 0 Å². The van der Waals surface area contributed by atoms with Crippen molar-refractivity contribution in [1.29, 1.82) is 0 Å². The SMILES string of the molecule is COC(=O)Cc1c(C(=O)c2c(C=O)n(Cc3ccc(OC)cc3)c3ccccc23)c2ccccc2n1S(=O)(=O)c1ccccc1. The maximum atomic E-state index is 14.8. The molecule has 0 N–H and O–H groups in total. The van der Waals surface area contributed by atoms with Crippen LogP contribution in [0.4, 0.5) is 0 Å². The van der Waals surface area contributed by atoms with Crippen molar-refractivity contribution in [2.24, 2.45) is 0 Å². The van der Waals surface area contributed by atoms with Crippen LogP contribution in [0, 0.1) is 0 Å². The number of hydrogen-bond acceptors (Lipinski definition) is 7. The van der Waals surface area contributed by atoms with E-state index < -0.39 is 28.2 Å². The van der Waals surface area contributed by atoms with Gasteiger partial charge < -0.3 is 14.0 Å². The van der Waals surface area contributed by atoms with E-state index in [4.69, 9.17) is 9.47 Å². The standard InChI is InChI=1S/C35H28N2O7S/c1-43-24-18-16-23(17-19-24)21-36-28-14-8-6-12-26(28)34(31(36)22-38)35(40)33-27-13-7-9-15-29(27)37(30(33)20-32(39)44-2)45(41,42)25-10-4-3-5-11-25/h3-19,22H,20-21H2,1-2H3. The maximum Gasteiger partial charge on any atom is 0.311 e. The molecule has 0 saturated carbocycles. The minimum absolute atomic E-state index is 0.00552. The first-order valence-electron chi connectivity index (χ1n) is 14.0. The Balaban J connectivity index is 1.63. The lowest BCUT2D eigenvalue weighted by Crippen LogP contribution is -2.20. The van der Waals surface area contributed by atoms with Gasteiger partial charge in [-0.1, -0.05) is 66.7 Å². The number of aromatic nitrogens is 2. The molecule has 4 aromatic carbocycles. The van der Waals surface area contributed by atoms with Crippen molar-refractivity contribution < 1.29 is 32.3 Å². The number of ether oxygens (including phenoxy) is 2. The van der Waals surface area contributed by atoms with Gasteiger partial charge >= 0.3 is 5.97 Å². The predicted octanol–water partition coefficient (Wildman–Crippen LogP) is 5.65. The lowest BCUT2D eigenvalue weighted by atomic mass is 9.97. The lowest BCUT2D eigenvalue weighted by molar-refractivity contribution is -0.139. The molecule has 6 rings (SSSR count). The maximum absolute atomic E-state index is 14.8. The highest BCUT2D eigenvalue weighted by Gasteiger charge is 2.34. The minimum Gasteiger partial charge on any atom is -0.497 e. The fourth-order valence-electron chi connectivity index (χ4n) is 5.75. The van der Waals surface area contributed by atoms with E-state index in [-0.39, 0.29) is 39.5 Å². The van der Waals surface area contributed by atoms with Gasteiger partial charge in [-0.3, -0.25) is 14.4 Å². The Morgan fingerprint density at radius 1 is 0.756 bits per heavy atom. The zero-order valence-corrected chi connectivity index (χ0v) is 25.3. The zero-order chi connectivity index (χ0) is 31.7. The molecular formula is C35H28N2O7S. The summed E-state index contributed by atoms with van der Waals surface area (Å²) in [5, 5.41) is 0.842. The lowest BCUT2D eigenvalue weighted by Gasteiger charge is -2.13. The molecular weight excluding hydrogens is 592 g/mol. The van der Waals surface area contributed by atoms with Crippen LogP contribution >= 0.6 is 0 Å². The monoisotopic (exact) mass is 620 g/mol. The Kier molecular flexibility index (Phi) is 7.82. The van der Waals surface area contributed by atoms with Crippen molar-refractivity contribution in [2.45, 2.75) is 17.9 Å². The van der Waals surface area contributed by atoms with E-state index in [0.717, 1.165) is 9.54 Å². The van der Waals surface area contributed by atoms with Gasteiger partial charge in [-0.15, -0.1) is 0 Å². The number of para-hydroxylation sites is 2. The number of esters is 1. The number of benzene rings is 4. The number of ketones is 1. The molecule has 0 spiro atoms. The third-order valence-electron chi connectivity index (χ3n) is 7.82. The van der Waals surface area contributed by atoms with Crippen molar-refractivity contribution in [3.05, 3.63) is 131 Å². The number of carbonyl (C=O) groups excluding carboxylic acids is 3. The molecule has 0 unspecified atom stereocenters. The van der Waals surface area contributed by atoms with Gasteiger partial charge in [0.25, 0.3) is 10.0 Å². The summed E-state index contributed by atoms with van der Waals surface area (Å²) in [6, 6.07) is 28.9. The van der Waals surface area contributed by atoms with E-state index in [1.54, 1.807) is 66.3 Å². The Morgan fingerprint density at radius 3 is 1.98 bits per heavy atom. The van der Waals surface area contributed by atoms with E-state index in [0.29, 0.717) is 28.3 Å². The summed E-state index contributed by atoms with van der Waals surface area (Å²) >= 11 is 0. The Labute approximate surface area is 259 Å². The summed E-state index contributed by atoms with van der Waals surface area (Å²) in [7, 11) is -1.50. The highest BCUT2D eigenvalue weighted by molar-refractivity contribution is 7.90. The molecule has 9 nitrogen and oxygen atoms in total. The van der Waals surface area contributed by atoms with E-state index >= 15 is 0 Å². The molecule has 0 aliphatic carbocycles. The molecule has 6 aromatic rings. The number of fused-ring (bicyclic) bond motifs is 2. The summed E-state index contributed by atoms with van der Waals surface area (Å²) in [4.78, 5) is 40.4. The zero-order valence-electron chi connectivity index (χ0n) is 24.5. The summed E-state index contributed by atoms with van der Waals surface area (Å²) in [6.07, 6.45) is 0.135. The van der Waals surface area contributed by atoms with Gasteiger partial charge in [-0.2, -0.15) is 0 Å². The first kappa shape index (κ1) is 29.6. The summed E-state index contributed by atoms with van der Waals surface area (Å²) in [5.41, 5.74) is 1.93. The molecule has 0 bridgehead atoms. The van der Waals surface area contributed by atoms with E-state index in [9.17, 15) is 22.8 Å². The molecule has 0 radical (unpaired) electrons. The van der Waals surface area contributed by atoms with Gasteiger partial charge in [0.15, 0.2) is 12.1 Å². The second kappa shape index (κ2) is 11.9. The van der Waals surface area contributed by atoms with Crippen LogP contribution in [0.1, 0.15) is 37.7 Å². The van der Waals surface area contributed by atoms with Crippen molar-refractivity contribution in [1.82, 2.24) is 8.54 Å². The quantitative estimate of drug-likeness (QED) is 0.111. The fourth-order valence-corrected chi connectivity index (χ4v) is 7.33. The number of aldehydes is 1. The summed E-state index contributed by atoms with van der Waals surface area (Å²) in [6.45, 7) is 0.283. The molecule has 45 heavy (non-hydrogen) atoms. The van der Waals surface area contributed by atoms with Gasteiger partial charge in [0, 0.05) is 22.8 Å². The van der Waals surface area contributed by atoms with E-state index in [1.807, 2.05) is 36.4 Å². The molecule has 2 aromatic heterocycles. The van der Waals surface area contributed by atoms with Gasteiger partial charge in [-0.25, -0.2) is 12.4 Å². The summed E-state index contributed by atoms with van der Waals surface area (Å²) in [5.74, 6) is -0.629. The highest BCUT2D eigenvalue weighted by Crippen LogP contribution is 2.36. The summed E-state index contributed by atoms with van der Waals surface area (Å²) < 4.78 is 41.3. The molecule has 10 heteroatoms. The Bertz CT molecular complexity index is 2200. The highest BCUT2D eigenvalue weighted by atomic mass is 32.2. The third-order valence-corrected chi connectivity index (χ3v) is 9.59. The molecule has 0 fully saturated rings. The van der Waals surface area contributed by atoms with Crippen LogP contribution in [-0.2, 0) is 32.5 Å². The van der Waals surface area contributed by atoms with Gasteiger partial charge in [0.05, 0.1) is 53.6 Å². The molecule has 0 saturated heterocycles. The second-order valence-electron chi connectivity index (χ2n) is 10.3. The van der Waals surface area contributed by atoms with Crippen molar-refractivity contribution >= 4 is 49.9 Å². The third kappa shape index (κ3) is 5.08. The number of rotatable bonds is 10. The molecule has 0 aliphatic rings. The van der Waals surface area contributed by atoms with Crippen molar-refractivity contribution in [3.8, 4) is 5.75 Å². The number of hydrogen-bond donors (Lipinski definition) is 0. The Morgan fingerprint density at radius 2 is 1.36 bits per heavy atom. The molecule has 0 atom stereocenters. The molecule has 226 valence electrons. The molecule has 0 amide bonds. The van der Waals surface area contributed by atoms with Crippen LogP contribution in [0.5, 0.6) is 5.75 Å². The number of nitrogens with zero attached hydrogens (tertiary/aromatic N) is 2. The van der Waals surface area contributed by atoms with E-state index in [2.05, 4.69) is 0 Å². The molecule has 2 heterocycles. The van der Waals surface area contributed by atoms with Crippen molar-refractivity contribution in [2.75, 3.05) is 14.2 Å². The minimum atomic E-state index is -4.27. The normalized spacial score (nSPS) is 11.5. The largest absolute Gasteiger partial charge is 0.497 e. The average Bonchev–Trinajstić information content (AvgIpc) is 3.57. The number of methoxy groups -OCH3 is 2. The van der Waals surface area contributed by atoms with Crippen LogP contribution in [0.25, 0.3) is 21.8 Å². The van der Waals surface area contributed by atoms with Gasteiger partial charge in [-0.05, 0) is 42.0 Å². The van der Waals surface area contributed by atoms with Crippen LogP contribution in [0.15, 0.2) is 108 Å². The van der Waals surface area contributed by atoms with Crippen molar-refractivity contribution in [3.63, 3.8) is 0 Å². The predicted molar refractivity (Wildman–Crippen MR) is 170 cm³/mol. The second-order valence-corrected chi connectivity index (χ2v) is 12.1. The Hall–Kier alpha value is -5.48. The number of carbonyl (C=O) groups is 3. The average molecular weight is 621 g/mol. The topological polar surface area (TPSA) is 114 Å². The van der Waals surface area contributed by atoms with Gasteiger partial charge in [0.2, 0.25) is 0 Å². The molecule has 0 aliphatic heterocycles. The van der Waals surface area contributed by atoms with Crippen LogP contribution in [-0.4, -0.2) is 49.2 Å².